The van der Waals surface area contributed by atoms with Crippen molar-refractivity contribution in [1.29, 1.82) is 0 Å². The van der Waals surface area contributed by atoms with Gasteiger partial charge < -0.3 is 30.2 Å². The molecule has 4 rings (SSSR count). The summed E-state index contributed by atoms with van der Waals surface area (Å²) in [6.45, 7) is 3.26. The maximum Gasteiger partial charge on any atom is 0.318 e. The number of methoxy groups -OCH3 is 1. The second kappa shape index (κ2) is 9.64. The monoisotopic (exact) mass is 449 g/mol. The summed E-state index contributed by atoms with van der Waals surface area (Å²) in [5, 5.41) is 6.48. The second-order valence-corrected chi connectivity index (χ2v) is 7.94. The Balaban J connectivity index is 1.27. The fraction of sp³-hybridized carbons (Fsp3) is 0.292. The van der Waals surface area contributed by atoms with Crippen LogP contribution in [0.25, 0.3) is 10.9 Å². The molecule has 172 valence electrons. The smallest absolute Gasteiger partial charge is 0.318 e. The van der Waals surface area contributed by atoms with Crippen LogP contribution in [0.15, 0.2) is 54.6 Å². The number of ether oxygens (including phenoxy) is 1. The van der Waals surface area contributed by atoms with Gasteiger partial charge in [-0.15, -0.1) is 0 Å². The Kier molecular flexibility index (Phi) is 6.48. The van der Waals surface area contributed by atoms with Crippen LogP contribution in [0.3, 0.4) is 0 Å². The van der Waals surface area contributed by atoms with E-state index in [9.17, 15) is 14.4 Å². The number of amides is 4. The zero-order valence-corrected chi connectivity index (χ0v) is 18.6. The van der Waals surface area contributed by atoms with E-state index in [1.807, 2.05) is 30.3 Å². The molecular formula is C24H27N5O4. The summed E-state index contributed by atoms with van der Waals surface area (Å²) >= 11 is 0. The highest BCUT2D eigenvalue weighted by Crippen LogP contribution is 2.18. The van der Waals surface area contributed by atoms with Crippen LogP contribution in [-0.4, -0.2) is 72.0 Å². The van der Waals surface area contributed by atoms with Crippen LogP contribution in [0.5, 0.6) is 5.75 Å². The molecule has 1 aromatic heterocycles. The van der Waals surface area contributed by atoms with Gasteiger partial charge in [0, 0.05) is 48.8 Å². The van der Waals surface area contributed by atoms with Gasteiger partial charge in [-0.05, 0) is 31.2 Å². The van der Waals surface area contributed by atoms with Crippen molar-refractivity contribution in [2.75, 3.05) is 38.6 Å². The van der Waals surface area contributed by atoms with E-state index < -0.39 is 6.04 Å². The van der Waals surface area contributed by atoms with E-state index in [0.717, 1.165) is 10.9 Å². The lowest BCUT2D eigenvalue weighted by Crippen LogP contribution is -2.55. The highest BCUT2D eigenvalue weighted by molar-refractivity contribution is 5.98. The Bertz CT molecular complexity index is 1130. The molecule has 1 aliphatic heterocycles. The molecule has 2 heterocycles. The maximum absolute atomic E-state index is 12.8. The summed E-state index contributed by atoms with van der Waals surface area (Å²) in [5.41, 5.74) is 2.04. The predicted molar refractivity (Wildman–Crippen MR) is 125 cm³/mol. The molecule has 33 heavy (non-hydrogen) atoms. The standard InChI is InChI=1S/C24H27N5O4/c1-16(22(30)26-18-7-5-8-19(15-18)33-2)25-24(32)29-12-10-28(11-13-29)23(31)21-14-17-6-3-4-9-20(17)27-21/h3-9,14-16,27H,10-13H2,1-2H3,(H,25,32)(H,26,30)/t16-/m0/s1. The number of hydrogen-bond donors (Lipinski definition) is 3. The number of piperazine rings is 1. The number of aromatic amines is 1. The topological polar surface area (TPSA) is 107 Å². The molecule has 1 saturated heterocycles. The quantitative estimate of drug-likeness (QED) is 0.557. The summed E-state index contributed by atoms with van der Waals surface area (Å²) in [6.07, 6.45) is 0. The number of anilines is 1. The third-order valence-electron chi connectivity index (χ3n) is 5.69. The van der Waals surface area contributed by atoms with Gasteiger partial charge in [0.25, 0.3) is 5.91 Å². The van der Waals surface area contributed by atoms with Gasteiger partial charge in [0.2, 0.25) is 5.91 Å². The molecule has 9 heteroatoms. The van der Waals surface area contributed by atoms with Crippen molar-refractivity contribution in [3.63, 3.8) is 0 Å². The number of aromatic nitrogens is 1. The van der Waals surface area contributed by atoms with E-state index in [1.54, 1.807) is 48.1 Å². The number of para-hydroxylation sites is 1. The first-order chi connectivity index (χ1) is 15.9. The second-order valence-electron chi connectivity index (χ2n) is 7.94. The molecule has 0 radical (unpaired) electrons. The molecule has 1 fully saturated rings. The van der Waals surface area contributed by atoms with Crippen LogP contribution in [0.4, 0.5) is 10.5 Å². The van der Waals surface area contributed by atoms with Crippen LogP contribution in [0.2, 0.25) is 0 Å². The van der Waals surface area contributed by atoms with E-state index in [1.165, 1.54) is 0 Å². The normalized spacial score (nSPS) is 14.6. The third-order valence-corrected chi connectivity index (χ3v) is 5.69. The molecule has 1 atom stereocenters. The van der Waals surface area contributed by atoms with Crippen LogP contribution in [-0.2, 0) is 4.79 Å². The Labute approximate surface area is 191 Å². The molecule has 0 saturated carbocycles. The number of nitrogens with one attached hydrogen (secondary N) is 3. The van der Waals surface area contributed by atoms with Crippen molar-refractivity contribution in [2.24, 2.45) is 0 Å². The Morgan fingerprint density at radius 1 is 0.970 bits per heavy atom. The van der Waals surface area contributed by atoms with Crippen LogP contribution >= 0.6 is 0 Å². The summed E-state index contributed by atoms with van der Waals surface area (Å²) in [5.74, 6) is 0.214. The van der Waals surface area contributed by atoms with Gasteiger partial charge in [-0.25, -0.2) is 4.79 Å². The number of fused-ring (bicyclic) bond motifs is 1. The van der Waals surface area contributed by atoms with Crippen molar-refractivity contribution < 1.29 is 19.1 Å². The third kappa shape index (κ3) is 5.08. The number of benzene rings is 2. The Morgan fingerprint density at radius 3 is 2.42 bits per heavy atom. The molecule has 1 aliphatic rings. The average molecular weight is 450 g/mol. The Hall–Kier alpha value is -4.01. The van der Waals surface area contributed by atoms with Crippen LogP contribution in [0, 0.1) is 0 Å². The number of H-pyrrole nitrogens is 1. The van der Waals surface area contributed by atoms with Gasteiger partial charge in [-0.1, -0.05) is 24.3 Å². The zero-order chi connectivity index (χ0) is 23.4. The van der Waals surface area contributed by atoms with Crippen LogP contribution in [0.1, 0.15) is 17.4 Å². The number of carbonyl (C=O) groups excluding carboxylic acids is 3. The molecule has 0 unspecified atom stereocenters. The molecule has 4 amide bonds. The number of carbonyl (C=O) groups is 3. The SMILES string of the molecule is COc1cccc(NC(=O)[C@H](C)NC(=O)N2CCN(C(=O)c3cc4ccccc4[nH]3)CC2)c1. The summed E-state index contributed by atoms with van der Waals surface area (Å²) in [4.78, 5) is 44.4. The minimum Gasteiger partial charge on any atom is -0.497 e. The predicted octanol–water partition coefficient (Wildman–Crippen LogP) is 2.67. The molecule has 2 aromatic carbocycles. The molecule has 3 aromatic rings. The number of rotatable bonds is 5. The van der Waals surface area contributed by atoms with Gasteiger partial charge in [0.05, 0.1) is 7.11 Å². The minimum atomic E-state index is -0.727. The lowest BCUT2D eigenvalue weighted by Gasteiger charge is -2.35. The largest absolute Gasteiger partial charge is 0.497 e. The lowest BCUT2D eigenvalue weighted by atomic mass is 10.2. The van der Waals surface area contributed by atoms with Gasteiger partial charge >= 0.3 is 6.03 Å². The first kappa shape index (κ1) is 22.2. The van der Waals surface area contributed by atoms with Crippen molar-refractivity contribution in [3.8, 4) is 5.75 Å². The van der Waals surface area contributed by atoms with E-state index in [-0.39, 0.29) is 17.8 Å². The zero-order valence-electron chi connectivity index (χ0n) is 18.6. The first-order valence-corrected chi connectivity index (χ1v) is 10.8. The van der Waals surface area contributed by atoms with Gasteiger partial charge in [0.1, 0.15) is 17.5 Å². The molecule has 0 bridgehead atoms. The van der Waals surface area contributed by atoms with E-state index in [2.05, 4.69) is 15.6 Å². The minimum absolute atomic E-state index is 0.0858. The van der Waals surface area contributed by atoms with Gasteiger partial charge in [0.15, 0.2) is 0 Å². The van der Waals surface area contributed by atoms with Gasteiger partial charge in [-0.3, -0.25) is 9.59 Å². The highest BCUT2D eigenvalue weighted by Gasteiger charge is 2.27. The van der Waals surface area contributed by atoms with Crippen molar-refractivity contribution in [2.45, 2.75) is 13.0 Å². The van der Waals surface area contributed by atoms with E-state index in [4.69, 9.17) is 4.74 Å². The van der Waals surface area contributed by atoms with E-state index in [0.29, 0.717) is 43.3 Å². The molecule has 0 spiro atoms. The fourth-order valence-electron chi connectivity index (χ4n) is 3.76. The fourth-order valence-corrected chi connectivity index (χ4v) is 3.76. The number of nitrogens with zero attached hydrogens (tertiary/aromatic N) is 2. The summed E-state index contributed by atoms with van der Waals surface area (Å²) in [6, 6.07) is 15.5. The molecule has 0 aliphatic carbocycles. The first-order valence-electron chi connectivity index (χ1n) is 10.8. The maximum atomic E-state index is 12.8. The highest BCUT2D eigenvalue weighted by atomic mass is 16.5. The van der Waals surface area contributed by atoms with E-state index >= 15 is 0 Å². The van der Waals surface area contributed by atoms with Gasteiger partial charge in [-0.2, -0.15) is 0 Å². The van der Waals surface area contributed by atoms with Crippen molar-refractivity contribution >= 4 is 34.4 Å². The van der Waals surface area contributed by atoms with Crippen molar-refractivity contribution in [3.05, 3.63) is 60.3 Å². The Morgan fingerprint density at radius 2 is 1.70 bits per heavy atom. The molecular weight excluding hydrogens is 422 g/mol. The number of hydrogen-bond acceptors (Lipinski definition) is 4. The molecule has 3 N–H and O–H groups in total. The lowest BCUT2D eigenvalue weighted by molar-refractivity contribution is -0.117. The average Bonchev–Trinajstić information content (AvgIpc) is 3.28. The van der Waals surface area contributed by atoms with Crippen molar-refractivity contribution in [1.82, 2.24) is 20.1 Å². The van der Waals surface area contributed by atoms with Crippen LogP contribution < -0.4 is 15.4 Å². The summed E-state index contributed by atoms with van der Waals surface area (Å²) < 4.78 is 5.15. The summed E-state index contributed by atoms with van der Waals surface area (Å²) in [7, 11) is 1.55. The number of urea groups is 1. The molecule has 9 nitrogen and oxygen atoms in total.